The Hall–Kier alpha value is -4.17. The molecule has 2 N–H and O–H groups in total. The molecule has 0 saturated carbocycles. The molecule has 8 heteroatoms. The average molecular weight is 469 g/mol. The van der Waals surface area contributed by atoms with Crippen molar-refractivity contribution >= 4 is 5.91 Å². The summed E-state index contributed by atoms with van der Waals surface area (Å²) in [4.78, 5) is 32.4. The first-order valence-corrected chi connectivity index (χ1v) is 11.2. The van der Waals surface area contributed by atoms with Crippen molar-refractivity contribution in [3.8, 4) is 5.88 Å². The monoisotopic (exact) mass is 468 g/mol. The van der Waals surface area contributed by atoms with Crippen molar-refractivity contribution in [2.24, 2.45) is 5.73 Å². The maximum atomic E-state index is 12.6. The molecule has 0 aromatic carbocycles. The van der Waals surface area contributed by atoms with Crippen LogP contribution in [-0.2, 0) is 4.79 Å². The molecule has 4 aromatic heterocycles. The number of carbonyl (C=O) groups excluding carboxylic acids is 1. The lowest BCUT2D eigenvalue weighted by molar-refractivity contribution is -0.130. The van der Waals surface area contributed by atoms with Gasteiger partial charge in [0, 0.05) is 50.9 Å². The number of ether oxygens (including phenoxy) is 1. The van der Waals surface area contributed by atoms with Gasteiger partial charge in [0.05, 0.1) is 30.1 Å². The highest BCUT2D eigenvalue weighted by atomic mass is 16.5. The third kappa shape index (κ3) is 5.33. The first-order chi connectivity index (χ1) is 17.0. The molecule has 2 unspecified atom stereocenters. The van der Waals surface area contributed by atoms with Crippen molar-refractivity contribution < 1.29 is 9.53 Å². The third-order valence-corrected chi connectivity index (χ3v) is 5.83. The second-order valence-corrected chi connectivity index (χ2v) is 8.33. The Kier molecular flexibility index (Phi) is 7.42. The number of aromatic nitrogens is 4. The normalized spacial score (nSPS) is 12.7. The first-order valence-electron chi connectivity index (χ1n) is 11.2. The van der Waals surface area contributed by atoms with Gasteiger partial charge in [0.25, 0.3) is 0 Å². The van der Waals surface area contributed by atoms with Crippen LogP contribution in [0.4, 0.5) is 0 Å². The highest BCUT2D eigenvalue weighted by Crippen LogP contribution is 2.41. The Balaban J connectivity index is 1.92. The molecule has 0 aliphatic rings. The summed E-state index contributed by atoms with van der Waals surface area (Å²) in [5, 5.41) is 0. The molecule has 2 atom stereocenters. The second-order valence-electron chi connectivity index (χ2n) is 8.33. The van der Waals surface area contributed by atoms with E-state index in [0.29, 0.717) is 11.6 Å². The number of pyridine rings is 4. The van der Waals surface area contributed by atoms with E-state index in [4.69, 9.17) is 20.4 Å². The van der Waals surface area contributed by atoms with Gasteiger partial charge in [-0.2, -0.15) is 0 Å². The summed E-state index contributed by atoms with van der Waals surface area (Å²) in [6, 6.07) is 18.2. The molecule has 4 rings (SSSR count). The molecule has 1 amide bonds. The number of nitrogens with zero attached hydrogens (tertiary/aromatic N) is 5. The maximum Gasteiger partial charge on any atom is 0.245 e. The van der Waals surface area contributed by atoms with Crippen molar-refractivity contribution in [2.75, 3.05) is 21.2 Å². The second kappa shape index (κ2) is 10.8. The first kappa shape index (κ1) is 24.0. The van der Waals surface area contributed by atoms with Crippen LogP contribution >= 0.6 is 0 Å². The zero-order valence-electron chi connectivity index (χ0n) is 19.9. The number of hydrogen-bond acceptors (Lipinski definition) is 7. The molecule has 0 aliphatic heterocycles. The van der Waals surface area contributed by atoms with Crippen molar-refractivity contribution in [1.29, 1.82) is 0 Å². The fourth-order valence-corrected chi connectivity index (χ4v) is 4.13. The van der Waals surface area contributed by atoms with Gasteiger partial charge in [-0.05, 0) is 41.5 Å². The molecular weight excluding hydrogens is 440 g/mol. The van der Waals surface area contributed by atoms with E-state index in [1.807, 2.05) is 60.9 Å². The summed E-state index contributed by atoms with van der Waals surface area (Å²) in [7, 11) is 4.94. The van der Waals surface area contributed by atoms with E-state index in [-0.39, 0.29) is 17.7 Å². The van der Waals surface area contributed by atoms with Gasteiger partial charge in [-0.3, -0.25) is 19.7 Å². The summed E-state index contributed by atoms with van der Waals surface area (Å²) in [5.41, 5.74) is 10.2. The predicted octanol–water partition coefficient (Wildman–Crippen LogP) is 3.33. The van der Waals surface area contributed by atoms with Crippen molar-refractivity contribution in [3.63, 3.8) is 0 Å². The lowest BCUT2D eigenvalue weighted by Gasteiger charge is -2.28. The summed E-state index contributed by atoms with van der Waals surface area (Å²) in [6.45, 7) is 0. The van der Waals surface area contributed by atoms with Crippen molar-refractivity contribution in [1.82, 2.24) is 24.8 Å². The van der Waals surface area contributed by atoms with E-state index in [2.05, 4.69) is 9.97 Å². The number of amides is 1. The fourth-order valence-electron chi connectivity index (χ4n) is 4.13. The maximum absolute atomic E-state index is 12.6. The minimum Gasteiger partial charge on any atom is -0.481 e. The molecular formula is C27H28N6O2. The Morgan fingerprint density at radius 3 is 1.91 bits per heavy atom. The number of nitrogens with two attached hydrogens (primary N) is 1. The van der Waals surface area contributed by atoms with Crippen LogP contribution < -0.4 is 10.5 Å². The molecule has 0 bridgehead atoms. The van der Waals surface area contributed by atoms with E-state index in [9.17, 15) is 4.79 Å². The SMILES string of the molecule is COc1cccc(C(c2cccc(C(N)C(=O)N(C)C)n2)C(c2cccnc2)c2cccnc2)n1. The lowest BCUT2D eigenvalue weighted by atomic mass is 9.78. The fraction of sp³-hybridized carbons (Fsp3) is 0.222. The zero-order chi connectivity index (χ0) is 24.8. The molecule has 0 radical (unpaired) electrons. The van der Waals surface area contributed by atoms with Crippen LogP contribution in [0.25, 0.3) is 0 Å². The highest BCUT2D eigenvalue weighted by Gasteiger charge is 2.32. The van der Waals surface area contributed by atoms with Crippen LogP contribution in [0.1, 0.15) is 46.1 Å². The molecule has 8 nitrogen and oxygen atoms in total. The standard InChI is InChI=1S/C27H28N6O2/c1-33(2)27(34)26(28)22-12-4-10-20(31-22)25(21-11-5-13-23(32-21)35-3)24(18-8-6-14-29-16-18)19-9-7-15-30-17-19/h4-17,24-26H,28H2,1-3H3. The van der Waals surface area contributed by atoms with Crippen molar-refractivity contribution in [2.45, 2.75) is 17.9 Å². The van der Waals surface area contributed by atoms with Crippen LogP contribution in [0.5, 0.6) is 5.88 Å². The summed E-state index contributed by atoms with van der Waals surface area (Å²) in [6.07, 6.45) is 7.17. The van der Waals surface area contributed by atoms with E-state index >= 15 is 0 Å². The Labute approximate surface area is 204 Å². The van der Waals surface area contributed by atoms with Gasteiger partial charge in [0.15, 0.2) is 0 Å². The van der Waals surface area contributed by atoms with Gasteiger partial charge in [0.1, 0.15) is 6.04 Å². The highest BCUT2D eigenvalue weighted by molar-refractivity contribution is 5.82. The largest absolute Gasteiger partial charge is 0.481 e. The van der Waals surface area contributed by atoms with Crippen LogP contribution in [-0.4, -0.2) is 51.9 Å². The van der Waals surface area contributed by atoms with Gasteiger partial charge in [0.2, 0.25) is 11.8 Å². The summed E-state index contributed by atoms with van der Waals surface area (Å²) < 4.78 is 5.43. The molecule has 35 heavy (non-hydrogen) atoms. The van der Waals surface area contributed by atoms with Crippen LogP contribution in [0.2, 0.25) is 0 Å². The van der Waals surface area contributed by atoms with Crippen LogP contribution in [0.3, 0.4) is 0 Å². The Bertz CT molecular complexity index is 1230. The van der Waals surface area contributed by atoms with E-state index in [1.165, 1.54) is 4.90 Å². The number of methoxy groups -OCH3 is 1. The number of hydrogen-bond donors (Lipinski definition) is 1. The molecule has 4 aromatic rings. The van der Waals surface area contributed by atoms with Gasteiger partial charge >= 0.3 is 0 Å². The molecule has 178 valence electrons. The molecule has 0 fully saturated rings. The van der Waals surface area contributed by atoms with Gasteiger partial charge < -0.3 is 15.4 Å². The molecule has 4 heterocycles. The Morgan fingerprint density at radius 2 is 1.37 bits per heavy atom. The number of carbonyl (C=O) groups is 1. The van der Waals surface area contributed by atoms with Gasteiger partial charge in [-0.15, -0.1) is 0 Å². The van der Waals surface area contributed by atoms with E-state index in [0.717, 1.165) is 22.5 Å². The minimum absolute atomic E-state index is 0.208. The van der Waals surface area contributed by atoms with Crippen LogP contribution in [0.15, 0.2) is 85.5 Å². The number of likely N-dealkylation sites (N-methyl/N-ethyl adjacent to an activating group) is 1. The third-order valence-electron chi connectivity index (χ3n) is 5.83. The molecule has 0 aliphatic carbocycles. The van der Waals surface area contributed by atoms with Gasteiger partial charge in [-0.25, -0.2) is 4.98 Å². The Morgan fingerprint density at radius 1 is 0.800 bits per heavy atom. The van der Waals surface area contributed by atoms with E-state index < -0.39 is 6.04 Å². The van der Waals surface area contributed by atoms with Gasteiger partial charge in [-0.1, -0.05) is 24.3 Å². The van der Waals surface area contributed by atoms with Crippen LogP contribution in [0, 0.1) is 0 Å². The number of rotatable bonds is 8. The smallest absolute Gasteiger partial charge is 0.245 e. The summed E-state index contributed by atoms with van der Waals surface area (Å²) >= 11 is 0. The summed E-state index contributed by atoms with van der Waals surface area (Å²) in [5.74, 6) is -0.262. The quantitative estimate of drug-likeness (QED) is 0.423. The minimum atomic E-state index is -0.876. The topological polar surface area (TPSA) is 107 Å². The average Bonchev–Trinajstić information content (AvgIpc) is 2.91. The lowest BCUT2D eigenvalue weighted by Crippen LogP contribution is -2.34. The molecule has 0 saturated heterocycles. The van der Waals surface area contributed by atoms with Crippen molar-refractivity contribution in [3.05, 3.63) is 114 Å². The molecule has 0 spiro atoms. The van der Waals surface area contributed by atoms with E-state index in [1.54, 1.807) is 45.7 Å². The predicted molar refractivity (Wildman–Crippen MR) is 133 cm³/mol. The zero-order valence-corrected chi connectivity index (χ0v) is 19.9.